The number of benzene rings is 4. The first kappa shape index (κ1) is 62.8. The minimum atomic E-state index is -0.726. The molecule has 0 spiro atoms. The number of likely N-dealkylation sites (tertiary alicyclic amines) is 2. The molecule has 8 rings (SSSR count). The predicted molar refractivity (Wildman–Crippen MR) is 321 cm³/mol. The van der Waals surface area contributed by atoms with Gasteiger partial charge in [-0.25, -0.2) is 0 Å². The summed E-state index contributed by atoms with van der Waals surface area (Å²) in [6.07, 6.45) is 11.1. The average molecular weight is 1180 g/mol. The molecule has 4 aliphatic heterocycles. The summed E-state index contributed by atoms with van der Waals surface area (Å²) in [5.41, 5.74) is 3.41. The quantitative estimate of drug-likeness (QED) is 0.0542. The van der Waals surface area contributed by atoms with Crippen molar-refractivity contribution < 1.29 is 29.1 Å². The summed E-state index contributed by atoms with van der Waals surface area (Å²) in [6.45, 7) is 13.1. The molecule has 4 amide bonds. The van der Waals surface area contributed by atoms with Crippen molar-refractivity contribution in [2.75, 3.05) is 78.5 Å². The summed E-state index contributed by atoms with van der Waals surface area (Å²) in [4.78, 5) is 73.6. The highest BCUT2D eigenvalue weighted by atomic mass is 35.5. The summed E-state index contributed by atoms with van der Waals surface area (Å²) in [6, 6.07) is 29.7. The second kappa shape index (κ2) is 32.2. The van der Waals surface area contributed by atoms with Crippen LogP contribution in [0.25, 0.3) is 0 Å². The number of hydrogen-bond acceptors (Lipinski definition) is 9. The van der Waals surface area contributed by atoms with Crippen LogP contribution in [-0.4, -0.2) is 157 Å². The van der Waals surface area contributed by atoms with Crippen molar-refractivity contribution in [2.24, 2.45) is 5.92 Å². The second-order valence-corrected chi connectivity index (χ2v) is 23.6. The molecule has 0 aromatic heterocycles. The fourth-order valence-electron chi connectivity index (χ4n) is 11.5. The van der Waals surface area contributed by atoms with Crippen LogP contribution >= 0.6 is 46.4 Å². The highest BCUT2D eigenvalue weighted by Gasteiger charge is 2.35. The van der Waals surface area contributed by atoms with E-state index in [2.05, 4.69) is 86.2 Å². The number of rotatable bonds is 21. The Labute approximate surface area is 494 Å². The molecule has 4 aliphatic rings. The average Bonchev–Trinajstić information content (AvgIpc) is 3.89. The van der Waals surface area contributed by atoms with E-state index >= 15 is 0 Å². The van der Waals surface area contributed by atoms with E-state index in [0.29, 0.717) is 109 Å². The summed E-state index contributed by atoms with van der Waals surface area (Å²) in [7, 11) is 0. The topological polar surface area (TPSA) is 167 Å². The smallest absolute Gasteiger partial charge is 0.306 e. The number of carbonyl (C=O) groups is 5. The predicted octanol–water partition coefficient (Wildman–Crippen LogP) is 10.4. The van der Waals surface area contributed by atoms with E-state index < -0.39 is 12.0 Å². The third-order valence-corrected chi connectivity index (χ3v) is 18.0. The van der Waals surface area contributed by atoms with Crippen LogP contribution in [0.4, 0.5) is 0 Å². The van der Waals surface area contributed by atoms with Gasteiger partial charge in [-0.3, -0.25) is 24.0 Å². The first-order valence-corrected chi connectivity index (χ1v) is 30.5. The van der Waals surface area contributed by atoms with Crippen molar-refractivity contribution in [1.29, 1.82) is 0 Å². The highest BCUT2D eigenvalue weighted by Crippen LogP contribution is 2.27. The number of amides is 4. The summed E-state index contributed by atoms with van der Waals surface area (Å²) in [5.74, 6) is -0.656. The maximum Gasteiger partial charge on any atom is 0.306 e. The van der Waals surface area contributed by atoms with Crippen LogP contribution < -0.4 is 21.3 Å². The molecule has 80 heavy (non-hydrogen) atoms. The van der Waals surface area contributed by atoms with Gasteiger partial charge in [-0.2, -0.15) is 0 Å². The van der Waals surface area contributed by atoms with Crippen molar-refractivity contribution in [3.63, 3.8) is 0 Å². The van der Waals surface area contributed by atoms with Crippen LogP contribution in [0.3, 0.4) is 0 Å². The number of aliphatic carboxylic acids is 1. The first-order valence-electron chi connectivity index (χ1n) is 29.0. The maximum absolute atomic E-state index is 13.9. The van der Waals surface area contributed by atoms with Crippen LogP contribution in [0.2, 0.25) is 20.1 Å². The Balaban J connectivity index is 0.000000231. The summed E-state index contributed by atoms with van der Waals surface area (Å²) >= 11 is 24.2. The van der Waals surface area contributed by atoms with Gasteiger partial charge in [-0.1, -0.05) is 134 Å². The molecule has 434 valence electrons. The van der Waals surface area contributed by atoms with Crippen molar-refractivity contribution >= 4 is 76.0 Å². The van der Waals surface area contributed by atoms with Crippen LogP contribution in [-0.2, 0) is 14.4 Å². The highest BCUT2D eigenvalue weighted by molar-refractivity contribution is 6.42. The lowest BCUT2D eigenvalue weighted by Crippen LogP contribution is -2.50. The molecule has 2 unspecified atom stereocenters. The Morgan fingerprint density at radius 2 is 0.963 bits per heavy atom. The normalized spacial score (nSPS) is 21.5. The zero-order chi connectivity index (χ0) is 57.0. The van der Waals surface area contributed by atoms with Crippen LogP contribution in [0.5, 0.6) is 0 Å². The molecular weight excluding hydrogens is 1090 g/mol. The molecule has 4 aromatic carbocycles. The molecule has 4 aromatic rings. The van der Waals surface area contributed by atoms with E-state index in [1.165, 1.54) is 36.8 Å². The minimum Gasteiger partial charge on any atom is -0.481 e. The first-order chi connectivity index (χ1) is 38.7. The molecule has 14 nitrogen and oxygen atoms in total. The molecule has 0 saturated carbocycles. The maximum atomic E-state index is 13.9. The van der Waals surface area contributed by atoms with Gasteiger partial charge in [-0.05, 0) is 138 Å². The molecule has 0 radical (unpaired) electrons. The number of piperidine rings is 1. The molecule has 0 aliphatic carbocycles. The van der Waals surface area contributed by atoms with Gasteiger partial charge in [0.25, 0.3) is 11.8 Å². The van der Waals surface area contributed by atoms with Gasteiger partial charge in [0.15, 0.2) is 0 Å². The fraction of sp³-hybridized carbons (Fsp3) is 0.532. The summed E-state index contributed by atoms with van der Waals surface area (Å²) < 4.78 is 0. The van der Waals surface area contributed by atoms with Gasteiger partial charge >= 0.3 is 5.97 Å². The van der Waals surface area contributed by atoms with E-state index in [-0.39, 0.29) is 53.6 Å². The van der Waals surface area contributed by atoms with Crippen molar-refractivity contribution in [1.82, 2.24) is 40.9 Å². The second-order valence-electron chi connectivity index (χ2n) is 22.0. The van der Waals surface area contributed by atoms with E-state index in [1.54, 1.807) is 36.4 Å². The van der Waals surface area contributed by atoms with Crippen molar-refractivity contribution in [3.05, 3.63) is 139 Å². The third-order valence-electron chi connectivity index (χ3n) is 16.5. The Morgan fingerprint density at radius 1 is 0.550 bits per heavy atom. The number of carboxylic acids is 1. The molecule has 4 fully saturated rings. The fourth-order valence-corrected chi connectivity index (χ4v) is 12.1. The van der Waals surface area contributed by atoms with Crippen LogP contribution in [0, 0.1) is 5.92 Å². The lowest BCUT2D eigenvalue weighted by atomic mass is 9.95. The van der Waals surface area contributed by atoms with Crippen molar-refractivity contribution in [2.45, 2.75) is 127 Å². The molecule has 4 saturated heterocycles. The molecule has 18 heteroatoms. The zero-order valence-electron chi connectivity index (χ0n) is 46.5. The SMILES string of the molecule is CCC(CN1CC[C@@H](CNC(=O)c2ccc(Cl)c(Cl)c2)N[C@@H](CCN2CCC(C(=O)O)CC2)C1=O)c1ccccc1.CCC(CN1CC[C@@H](CNC(=O)c2ccc(Cl)c(Cl)c2)N[C@@H](CCN2CCCCCC2)C1=O)c1ccccc1. The van der Waals surface area contributed by atoms with Gasteiger partial charge in [0.2, 0.25) is 11.8 Å². The van der Waals surface area contributed by atoms with E-state index in [9.17, 15) is 29.1 Å². The molecular formula is C62H82Cl4N8O6. The molecule has 6 atom stereocenters. The standard InChI is InChI=1S/C31H40Cl2N4O4.C31H42Cl2N4O2/c1-2-21(22-6-4-3-5-7-22)20-37-17-12-25(19-34-29(38)24-8-9-26(32)27(33)18-24)35-28(30(37)39)13-16-36-14-10-23(11-15-36)31(40)41;1-2-23(24-10-6-5-7-11-24)22-37-19-14-26(21-34-30(38)25-12-13-27(32)28(33)20-25)35-29(31(37)39)15-18-36-16-8-3-4-9-17-36/h3-9,18,21,23,25,28,35H,2,10-17,19-20H2,1H3,(H,34,38)(H,40,41);5-7,10-13,20,23,26,29,35H,2-4,8-9,14-19,21-22H2,1H3,(H,34,38)/t21?,25-,28-;23?,26-,29-/m00/s1. The van der Waals surface area contributed by atoms with Crippen LogP contribution in [0.15, 0.2) is 97.1 Å². The third kappa shape index (κ3) is 18.9. The van der Waals surface area contributed by atoms with E-state index in [4.69, 9.17) is 46.4 Å². The van der Waals surface area contributed by atoms with E-state index in [1.807, 2.05) is 29.2 Å². The number of halogens is 4. The number of hydrogen-bond donors (Lipinski definition) is 5. The van der Waals surface area contributed by atoms with Gasteiger partial charge in [0, 0.05) is 87.4 Å². The van der Waals surface area contributed by atoms with Crippen LogP contribution in [0.1, 0.15) is 135 Å². The van der Waals surface area contributed by atoms with Gasteiger partial charge in [0.05, 0.1) is 38.1 Å². The Bertz CT molecular complexity index is 2620. The van der Waals surface area contributed by atoms with Crippen molar-refractivity contribution in [3.8, 4) is 0 Å². The van der Waals surface area contributed by atoms with Gasteiger partial charge in [0.1, 0.15) is 0 Å². The number of carbonyl (C=O) groups excluding carboxylic acids is 4. The molecule has 4 heterocycles. The van der Waals surface area contributed by atoms with Gasteiger partial charge < -0.3 is 46.0 Å². The number of nitrogens with zero attached hydrogens (tertiary/aromatic N) is 4. The summed E-state index contributed by atoms with van der Waals surface area (Å²) in [5, 5.41) is 24.0. The minimum absolute atomic E-state index is 0.00314. The Morgan fingerprint density at radius 3 is 1.35 bits per heavy atom. The van der Waals surface area contributed by atoms with E-state index in [0.717, 1.165) is 58.4 Å². The Kier molecular flexibility index (Phi) is 25.3. The largest absolute Gasteiger partial charge is 0.481 e. The number of carboxylic acid groups (broad SMARTS) is 1. The lowest BCUT2D eigenvalue weighted by Gasteiger charge is -2.32. The number of nitrogens with one attached hydrogen (secondary N) is 4. The monoisotopic (exact) mass is 1170 g/mol. The zero-order valence-corrected chi connectivity index (χ0v) is 49.6. The Hall–Kier alpha value is -4.77. The lowest BCUT2D eigenvalue weighted by molar-refractivity contribution is -0.143. The molecule has 5 N–H and O–H groups in total. The molecule has 0 bridgehead atoms. The van der Waals surface area contributed by atoms with Gasteiger partial charge in [-0.15, -0.1) is 0 Å².